The third kappa shape index (κ3) is 4.75. The van der Waals surface area contributed by atoms with Gasteiger partial charge in [0.2, 0.25) is 5.91 Å². The number of carbonyl (C=O) groups is 1. The summed E-state index contributed by atoms with van der Waals surface area (Å²) < 4.78 is 43.5. The molecule has 2 heterocycles. The Morgan fingerprint density at radius 1 is 1.14 bits per heavy atom. The molecular formula is C24H20F3N5O3. The van der Waals surface area contributed by atoms with E-state index in [1.54, 1.807) is 10.9 Å². The number of aryl methyl sites for hydroxylation is 1. The molecule has 2 aromatic carbocycles. The van der Waals surface area contributed by atoms with Gasteiger partial charge in [0.15, 0.2) is 0 Å². The lowest BCUT2D eigenvalue weighted by Gasteiger charge is -2.12. The van der Waals surface area contributed by atoms with Gasteiger partial charge in [-0.05, 0) is 55.7 Å². The molecule has 0 saturated heterocycles. The number of halogens is 3. The number of aromatic nitrogens is 4. The van der Waals surface area contributed by atoms with Crippen molar-refractivity contribution in [2.24, 2.45) is 0 Å². The third-order valence-corrected chi connectivity index (χ3v) is 5.68. The number of benzene rings is 2. The van der Waals surface area contributed by atoms with Crippen molar-refractivity contribution in [3.05, 3.63) is 76.3 Å². The maximum Gasteiger partial charge on any atom is 0.573 e. The number of hydrogen-bond acceptors (Lipinski definition) is 5. The molecule has 0 bridgehead atoms. The van der Waals surface area contributed by atoms with Gasteiger partial charge in [0.25, 0.3) is 5.56 Å². The monoisotopic (exact) mass is 483 g/mol. The van der Waals surface area contributed by atoms with E-state index < -0.39 is 23.6 Å². The quantitative estimate of drug-likeness (QED) is 0.442. The Morgan fingerprint density at radius 3 is 2.51 bits per heavy atom. The number of nitrogens with one attached hydrogen (secondary N) is 1. The fourth-order valence-electron chi connectivity index (χ4n) is 3.92. The Balaban J connectivity index is 1.45. The van der Waals surface area contributed by atoms with E-state index in [1.807, 2.05) is 31.2 Å². The fourth-order valence-corrected chi connectivity index (χ4v) is 3.92. The smallest absolute Gasteiger partial charge is 0.406 e. The summed E-state index contributed by atoms with van der Waals surface area (Å²) in [7, 11) is 0. The predicted molar refractivity (Wildman–Crippen MR) is 122 cm³/mol. The molecule has 8 nitrogen and oxygen atoms in total. The van der Waals surface area contributed by atoms with Crippen LogP contribution in [0.5, 0.6) is 5.75 Å². The highest BCUT2D eigenvalue weighted by atomic mass is 19.4. The van der Waals surface area contributed by atoms with Crippen molar-refractivity contribution in [3.63, 3.8) is 0 Å². The zero-order chi connectivity index (χ0) is 24.7. The molecule has 0 spiro atoms. The van der Waals surface area contributed by atoms with Crippen LogP contribution in [-0.2, 0) is 11.3 Å². The summed E-state index contributed by atoms with van der Waals surface area (Å²) in [4.78, 5) is 26.1. The minimum absolute atomic E-state index is 0.197. The molecule has 180 valence electrons. The Hall–Kier alpha value is -4.15. The first-order valence-electron chi connectivity index (χ1n) is 10.9. The van der Waals surface area contributed by atoms with Crippen LogP contribution in [0.4, 0.5) is 18.9 Å². The third-order valence-electron chi connectivity index (χ3n) is 5.68. The number of nitrogens with zero attached hydrogens (tertiary/aromatic N) is 4. The van der Waals surface area contributed by atoms with E-state index in [9.17, 15) is 22.8 Å². The van der Waals surface area contributed by atoms with Gasteiger partial charge >= 0.3 is 6.36 Å². The Morgan fingerprint density at radius 2 is 1.86 bits per heavy atom. The number of amides is 1. The highest BCUT2D eigenvalue weighted by Crippen LogP contribution is 2.41. The van der Waals surface area contributed by atoms with E-state index in [2.05, 4.69) is 20.3 Å². The molecular weight excluding hydrogens is 463 g/mol. The predicted octanol–water partition coefficient (Wildman–Crippen LogP) is 4.31. The molecule has 5 rings (SSSR count). The molecule has 35 heavy (non-hydrogen) atoms. The van der Waals surface area contributed by atoms with Crippen molar-refractivity contribution < 1.29 is 22.7 Å². The van der Waals surface area contributed by atoms with Crippen LogP contribution in [0.2, 0.25) is 0 Å². The van der Waals surface area contributed by atoms with E-state index >= 15 is 0 Å². The number of rotatable bonds is 6. The second-order valence-corrected chi connectivity index (χ2v) is 8.35. The summed E-state index contributed by atoms with van der Waals surface area (Å²) in [6, 6.07) is 12.3. The van der Waals surface area contributed by atoms with Crippen LogP contribution in [0.25, 0.3) is 16.6 Å². The molecule has 1 aliphatic carbocycles. The highest BCUT2D eigenvalue weighted by molar-refractivity contribution is 5.91. The van der Waals surface area contributed by atoms with E-state index in [-0.39, 0.29) is 18.2 Å². The first-order valence-corrected chi connectivity index (χ1v) is 10.9. The summed E-state index contributed by atoms with van der Waals surface area (Å²) in [5, 5.41) is 12.2. The molecule has 1 saturated carbocycles. The Labute approximate surface area is 196 Å². The van der Waals surface area contributed by atoms with Crippen molar-refractivity contribution in [1.29, 1.82) is 0 Å². The largest absolute Gasteiger partial charge is 0.573 e. The van der Waals surface area contributed by atoms with Gasteiger partial charge in [-0.3, -0.25) is 9.59 Å². The zero-order valence-electron chi connectivity index (χ0n) is 18.5. The maximum absolute atomic E-state index is 13.4. The van der Waals surface area contributed by atoms with Crippen LogP contribution in [0.15, 0.2) is 59.5 Å². The summed E-state index contributed by atoms with van der Waals surface area (Å²) in [6.07, 6.45) is -1.29. The van der Waals surface area contributed by atoms with Crippen LogP contribution in [0, 0.1) is 6.92 Å². The Kier molecular flexibility index (Phi) is 5.54. The molecule has 0 unspecified atom stereocenters. The molecule has 1 fully saturated rings. The molecule has 1 aliphatic rings. The summed E-state index contributed by atoms with van der Waals surface area (Å²) in [5.74, 6) is -0.757. The molecule has 1 N–H and O–H groups in total. The first kappa shape index (κ1) is 22.6. The summed E-state index contributed by atoms with van der Waals surface area (Å²) >= 11 is 0. The van der Waals surface area contributed by atoms with Crippen molar-refractivity contribution in [2.45, 2.75) is 38.6 Å². The number of fused-ring (bicyclic) bond motifs is 1. The number of ether oxygens (including phenoxy) is 1. The van der Waals surface area contributed by atoms with Gasteiger partial charge in [0.1, 0.15) is 17.8 Å². The highest BCUT2D eigenvalue weighted by Gasteiger charge is 2.31. The van der Waals surface area contributed by atoms with Crippen molar-refractivity contribution >= 4 is 22.5 Å². The fraction of sp³-hybridized carbons (Fsp3) is 0.250. The second-order valence-electron chi connectivity index (χ2n) is 8.35. The van der Waals surface area contributed by atoms with E-state index in [1.165, 1.54) is 12.1 Å². The lowest BCUT2D eigenvalue weighted by atomic mass is 10.2. The van der Waals surface area contributed by atoms with Crippen LogP contribution >= 0.6 is 0 Å². The lowest BCUT2D eigenvalue weighted by Crippen LogP contribution is -2.31. The number of hydrogen-bond donors (Lipinski definition) is 1. The lowest BCUT2D eigenvalue weighted by molar-refractivity contribution is -0.274. The average Bonchev–Trinajstić information content (AvgIpc) is 3.54. The van der Waals surface area contributed by atoms with Crippen LogP contribution in [-0.4, -0.2) is 31.8 Å². The van der Waals surface area contributed by atoms with Crippen LogP contribution in [0.1, 0.15) is 30.0 Å². The molecule has 0 radical (unpaired) electrons. The van der Waals surface area contributed by atoms with E-state index in [0.717, 1.165) is 46.6 Å². The molecule has 1 amide bonds. The molecule has 4 aromatic rings. The van der Waals surface area contributed by atoms with E-state index in [4.69, 9.17) is 0 Å². The zero-order valence-corrected chi connectivity index (χ0v) is 18.5. The normalized spacial score (nSPS) is 13.7. The number of alkyl halides is 3. The first-order chi connectivity index (χ1) is 16.7. The standard InChI is InChI=1S/C24H20F3N5O3/c1-14-4-2-3-5-19(14)32-22-18(12-28-32)21(15-6-7-15)30-31(23(22)34)13-20(33)29-16-8-10-17(11-9-16)35-24(25,26)27/h2-5,8-12,15H,6-7,13H2,1H3,(H,29,33). The average molecular weight is 483 g/mol. The van der Waals surface area contributed by atoms with Crippen molar-refractivity contribution in [2.75, 3.05) is 5.32 Å². The van der Waals surface area contributed by atoms with Gasteiger partial charge in [-0.15, -0.1) is 13.2 Å². The van der Waals surface area contributed by atoms with Crippen molar-refractivity contribution in [1.82, 2.24) is 19.6 Å². The topological polar surface area (TPSA) is 91.0 Å². The second kappa shape index (κ2) is 8.57. The minimum atomic E-state index is -4.81. The molecule has 11 heteroatoms. The molecule has 2 aromatic heterocycles. The maximum atomic E-state index is 13.4. The summed E-state index contributed by atoms with van der Waals surface area (Å²) in [6.45, 7) is 1.55. The van der Waals surface area contributed by atoms with Crippen LogP contribution < -0.4 is 15.6 Å². The Bertz CT molecular complexity index is 1470. The summed E-state index contributed by atoms with van der Waals surface area (Å²) in [5.41, 5.74) is 2.55. The van der Waals surface area contributed by atoms with Gasteiger partial charge < -0.3 is 10.1 Å². The number of para-hydroxylation sites is 1. The van der Waals surface area contributed by atoms with E-state index in [0.29, 0.717) is 10.9 Å². The van der Waals surface area contributed by atoms with Gasteiger partial charge in [0.05, 0.1) is 17.6 Å². The van der Waals surface area contributed by atoms with Gasteiger partial charge in [-0.2, -0.15) is 10.2 Å². The molecule has 0 aliphatic heterocycles. The van der Waals surface area contributed by atoms with Crippen LogP contribution in [0.3, 0.4) is 0 Å². The van der Waals surface area contributed by atoms with Gasteiger partial charge in [-0.1, -0.05) is 18.2 Å². The molecule has 0 atom stereocenters. The SMILES string of the molecule is Cc1ccccc1-n1ncc2c(C3CC3)nn(CC(=O)Nc3ccc(OC(F)(F)F)cc3)c(=O)c21. The van der Waals surface area contributed by atoms with Crippen molar-refractivity contribution in [3.8, 4) is 11.4 Å². The van der Waals surface area contributed by atoms with Gasteiger partial charge in [0, 0.05) is 17.0 Å². The number of anilines is 1. The van der Waals surface area contributed by atoms with Gasteiger partial charge in [-0.25, -0.2) is 9.36 Å². The number of carbonyl (C=O) groups excluding carboxylic acids is 1. The minimum Gasteiger partial charge on any atom is -0.406 e.